The molecular formula is C18H39IN4O2. The van der Waals surface area contributed by atoms with Crippen LogP contribution in [0.15, 0.2) is 4.99 Å². The maximum Gasteiger partial charge on any atom is 0.191 e. The van der Waals surface area contributed by atoms with Crippen LogP contribution in [-0.2, 0) is 9.47 Å². The number of aliphatic imine (C=N–C) groups is 1. The monoisotopic (exact) mass is 470 g/mol. The fourth-order valence-corrected chi connectivity index (χ4v) is 2.96. The van der Waals surface area contributed by atoms with Gasteiger partial charge in [0.2, 0.25) is 0 Å². The first-order valence-electron chi connectivity index (χ1n) is 9.51. The lowest BCUT2D eigenvalue weighted by molar-refractivity contribution is 0.0132. The molecule has 1 saturated heterocycles. The molecule has 2 N–H and O–H groups in total. The number of morpholine rings is 1. The zero-order valence-electron chi connectivity index (χ0n) is 16.6. The van der Waals surface area contributed by atoms with Crippen molar-refractivity contribution in [3.05, 3.63) is 0 Å². The van der Waals surface area contributed by atoms with E-state index in [0.717, 1.165) is 71.4 Å². The van der Waals surface area contributed by atoms with Crippen LogP contribution in [0, 0.1) is 5.92 Å². The molecule has 1 unspecified atom stereocenters. The predicted molar refractivity (Wildman–Crippen MR) is 116 cm³/mol. The third-order valence-corrected chi connectivity index (χ3v) is 4.25. The smallest absolute Gasteiger partial charge is 0.191 e. The summed E-state index contributed by atoms with van der Waals surface area (Å²) < 4.78 is 10.8. The van der Waals surface area contributed by atoms with Crippen LogP contribution in [0.3, 0.4) is 0 Å². The highest BCUT2D eigenvalue weighted by atomic mass is 127. The number of nitrogens with one attached hydrogen (secondary N) is 2. The van der Waals surface area contributed by atoms with Gasteiger partial charge in [0.1, 0.15) is 0 Å². The van der Waals surface area contributed by atoms with E-state index in [2.05, 4.69) is 34.4 Å². The number of hydrogen-bond acceptors (Lipinski definition) is 4. The average molecular weight is 470 g/mol. The molecule has 0 bridgehead atoms. The summed E-state index contributed by atoms with van der Waals surface area (Å²) in [6.07, 6.45) is 3.37. The van der Waals surface area contributed by atoms with E-state index in [9.17, 15) is 0 Å². The Morgan fingerprint density at radius 2 is 1.92 bits per heavy atom. The van der Waals surface area contributed by atoms with Gasteiger partial charge >= 0.3 is 0 Å². The Labute approximate surface area is 171 Å². The Bertz CT molecular complexity index is 337. The number of unbranched alkanes of at least 4 members (excludes halogenated alkanes) is 1. The highest BCUT2D eigenvalue weighted by molar-refractivity contribution is 14.0. The molecule has 150 valence electrons. The molecule has 1 fully saturated rings. The Kier molecular flexibility index (Phi) is 16.0. The predicted octanol–water partition coefficient (Wildman–Crippen LogP) is 2.33. The first-order valence-corrected chi connectivity index (χ1v) is 9.51. The van der Waals surface area contributed by atoms with E-state index in [1.807, 2.05) is 14.0 Å². The first-order chi connectivity index (χ1) is 11.7. The molecule has 1 aliphatic rings. The van der Waals surface area contributed by atoms with E-state index < -0.39 is 0 Å². The summed E-state index contributed by atoms with van der Waals surface area (Å²) in [5, 5.41) is 6.90. The van der Waals surface area contributed by atoms with E-state index in [1.54, 1.807) is 0 Å². The molecule has 1 atom stereocenters. The van der Waals surface area contributed by atoms with E-state index in [-0.39, 0.29) is 24.0 Å². The molecule has 7 heteroatoms. The number of guanidine groups is 1. The standard InChI is InChI=1S/C18H38N4O2.HI/c1-5-23-11-7-6-8-20-18(19-4)21-15-17(14-16(2)3)22-9-12-24-13-10-22;/h16-17H,5-15H2,1-4H3,(H2,19,20,21);1H. The van der Waals surface area contributed by atoms with Gasteiger partial charge < -0.3 is 20.1 Å². The Balaban J connectivity index is 0.00000576. The summed E-state index contributed by atoms with van der Waals surface area (Å²) in [6.45, 7) is 13.9. The van der Waals surface area contributed by atoms with Crippen molar-refractivity contribution >= 4 is 29.9 Å². The molecule has 0 aromatic carbocycles. The van der Waals surface area contributed by atoms with Crippen molar-refractivity contribution in [3.63, 3.8) is 0 Å². The quantitative estimate of drug-likeness (QED) is 0.210. The van der Waals surface area contributed by atoms with Crippen LogP contribution in [0.1, 0.15) is 40.0 Å². The second kappa shape index (κ2) is 16.1. The van der Waals surface area contributed by atoms with Gasteiger partial charge in [-0.3, -0.25) is 9.89 Å². The molecule has 0 radical (unpaired) electrons. The lowest BCUT2D eigenvalue weighted by Gasteiger charge is -2.35. The van der Waals surface area contributed by atoms with Gasteiger partial charge in [0.25, 0.3) is 0 Å². The van der Waals surface area contributed by atoms with Crippen molar-refractivity contribution in [3.8, 4) is 0 Å². The minimum atomic E-state index is 0. The fourth-order valence-electron chi connectivity index (χ4n) is 2.96. The molecule has 25 heavy (non-hydrogen) atoms. The summed E-state index contributed by atoms with van der Waals surface area (Å²) in [7, 11) is 1.84. The lowest BCUT2D eigenvalue weighted by Crippen LogP contribution is -2.51. The molecule has 0 spiro atoms. The minimum absolute atomic E-state index is 0. The Hall–Kier alpha value is -0.120. The van der Waals surface area contributed by atoms with Gasteiger partial charge in [0.05, 0.1) is 13.2 Å². The highest BCUT2D eigenvalue weighted by Crippen LogP contribution is 2.12. The Morgan fingerprint density at radius 3 is 2.52 bits per heavy atom. The van der Waals surface area contributed by atoms with Crippen molar-refractivity contribution in [2.45, 2.75) is 46.1 Å². The first kappa shape index (κ1) is 24.9. The van der Waals surface area contributed by atoms with Crippen molar-refractivity contribution in [2.24, 2.45) is 10.9 Å². The number of hydrogen-bond donors (Lipinski definition) is 2. The maximum absolute atomic E-state index is 5.49. The van der Waals surface area contributed by atoms with Crippen LogP contribution in [-0.4, -0.2) is 76.6 Å². The molecule has 1 rings (SSSR count). The van der Waals surface area contributed by atoms with E-state index in [1.165, 1.54) is 6.42 Å². The van der Waals surface area contributed by atoms with Crippen molar-refractivity contribution in [2.75, 3.05) is 59.7 Å². The van der Waals surface area contributed by atoms with E-state index >= 15 is 0 Å². The van der Waals surface area contributed by atoms with Gasteiger partial charge in [0, 0.05) is 52.5 Å². The molecular weight excluding hydrogens is 431 g/mol. The third-order valence-electron chi connectivity index (χ3n) is 4.25. The van der Waals surface area contributed by atoms with Crippen molar-refractivity contribution in [1.82, 2.24) is 15.5 Å². The SMILES string of the molecule is CCOCCCCNC(=NC)NCC(CC(C)C)N1CCOCC1.I. The number of ether oxygens (including phenoxy) is 2. The molecule has 0 saturated carbocycles. The van der Waals surface area contributed by atoms with E-state index in [0.29, 0.717) is 12.0 Å². The third kappa shape index (κ3) is 12.0. The second-order valence-corrected chi connectivity index (χ2v) is 6.72. The van der Waals surface area contributed by atoms with Crippen molar-refractivity contribution < 1.29 is 9.47 Å². The Morgan fingerprint density at radius 1 is 1.20 bits per heavy atom. The highest BCUT2D eigenvalue weighted by Gasteiger charge is 2.22. The van der Waals surface area contributed by atoms with Crippen LogP contribution in [0.4, 0.5) is 0 Å². The van der Waals surface area contributed by atoms with Gasteiger partial charge in [-0.1, -0.05) is 13.8 Å². The minimum Gasteiger partial charge on any atom is -0.382 e. The topological polar surface area (TPSA) is 58.1 Å². The summed E-state index contributed by atoms with van der Waals surface area (Å²) in [4.78, 5) is 6.89. The van der Waals surface area contributed by atoms with Gasteiger partial charge in [-0.25, -0.2) is 0 Å². The van der Waals surface area contributed by atoms with Gasteiger partial charge in [0.15, 0.2) is 5.96 Å². The molecule has 0 aromatic heterocycles. The zero-order valence-corrected chi connectivity index (χ0v) is 18.9. The number of halogens is 1. The maximum atomic E-state index is 5.49. The summed E-state index contributed by atoms with van der Waals surface area (Å²) >= 11 is 0. The molecule has 0 aliphatic carbocycles. The fraction of sp³-hybridized carbons (Fsp3) is 0.944. The average Bonchev–Trinajstić information content (AvgIpc) is 2.59. The molecule has 0 aromatic rings. The second-order valence-electron chi connectivity index (χ2n) is 6.72. The largest absolute Gasteiger partial charge is 0.382 e. The normalized spacial score (nSPS) is 17.2. The summed E-state index contributed by atoms with van der Waals surface area (Å²) in [5.41, 5.74) is 0. The van der Waals surface area contributed by atoms with Crippen LogP contribution in [0.5, 0.6) is 0 Å². The van der Waals surface area contributed by atoms with Gasteiger partial charge in [-0.2, -0.15) is 0 Å². The van der Waals surface area contributed by atoms with Crippen LogP contribution in [0.2, 0.25) is 0 Å². The molecule has 1 aliphatic heterocycles. The number of rotatable bonds is 11. The molecule has 1 heterocycles. The lowest BCUT2D eigenvalue weighted by atomic mass is 10.0. The molecule has 6 nitrogen and oxygen atoms in total. The summed E-state index contributed by atoms with van der Waals surface area (Å²) in [5.74, 6) is 1.58. The van der Waals surface area contributed by atoms with Crippen LogP contribution < -0.4 is 10.6 Å². The van der Waals surface area contributed by atoms with E-state index in [4.69, 9.17) is 9.47 Å². The van der Waals surface area contributed by atoms with Crippen LogP contribution in [0.25, 0.3) is 0 Å². The summed E-state index contributed by atoms with van der Waals surface area (Å²) in [6, 6.07) is 0.533. The van der Waals surface area contributed by atoms with Gasteiger partial charge in [-0.05, 0) is 32.1 Å². The number of nitrogens with zero attached hydrogens (tertiary/aromatic N) is 2. The molecule has 0 amide bonds. The van der Waals surface area contributed by atoms with Gasteiger partial charge in [-0.15, -0.1) is 24.0 Å². The zero-order chi connectivity index (χ0) is 17.6. The van der Waals surface area contributed by atoms with Crippen LogP contribution >= 0.6 is 24.0 Å². The van der Waals surface area contributed by atoms with Crippen molar-refractivity contribution in [1.29, 1.82) is 0 Å².